The van der Waals surface area contributed by atoms with E-state index in [2.05, 4.69) is 20.4 Å². The zero-order valence-electron chi connectivity index (χ0n) is 17.7. The van der Waals surface area contributed by atoms with E-state index < -0.39 is 5.41 Å². The summed E-state index contributed by atoms with van der Waals surface area (Å²) in [6.07, 6.45) is 0.315. The van der Waals surface area contributed by atoms with E-state index in [0.29, 0.717) is 49.3 Å². The zero-order valence-corrected chi connectivity index (χ0v) is 18.4. The predicted molar refractivity (Wildman–Crippen MR) is 114 cm³/mol. The number of nitrogens with zero attached hydrogens (tertiary/aromatic N) is 4. The molecule has 3 rings (SSSR count). The fourth-order valence-corrected chi connectivity index (χ4v) is 3.21. The molecule has 0 aliphatic carbocycles. The quantitative estimate of drug-likeness (QED) is 0.752. The van der Waals surface area contributed by atoms with Gasteiger partial charge in [-0.3, -0.25) is 14.5 Å². The SMILES string of the molecule is CC(C)(C)C(=O)NCCC(=O)N1CCN(Cc2nc(-c3ccc(Cl)cc3)no2)CC1. The van der Waals surface area contributed by atoms with Crippen molar-refractivity contribution < 1.29 is 14.1 Å². The number of hydrogen-bond acceptors (Lipinski definition) is 6. The van der Waals surface area contributed by atoms with Crippen molar-refractivity contribution in [3.8, 4) is 11.4 Å². The van der Waals surface area contributed by atoms with Crippen molar-refractivity contribution in [2.24, 2.45) is 5.41 Å². The molecule has 1 aromatic carbocycles. The maximum Gasteiger partial charge on any atom is 0.241 e. The fraction of sp³-hybridized carbons (Fsp3) is 0.524. The van der Waals surface area contributed by atoms with Crippen LogP contribution in [0.2, 0.25) is 5.02 Å². The molecule has 9 heteroatoms. The maximum atomic E-state index is 12.4. The first-order valence-electron chi connectivity index (χ1n) is 10.1. The largest absolute Gasteiger partial charge is 0.355 e. The summed E-state index contributed by atoms with van der Waals surface area (Å²) in [6.45, 7) is 9.22. The molecule has 8 nitrogen and oxygen atoms in total. The van der Waals surface area contributed by atoms with E-state index in [1.165, 1.54) is 0 Å². The Morgan fingerprint density at radius 1 is 1.13 bits per heavy atom. The van der Waals surface area contributed by atoms with Crippen LogP contribution in [0.15, 0.2) is 28.8 Å². The summed E-state index contributed by atoms with van der Waals surface area (Å²) in [4.78, 5) is 32.7. The first kappa shape index (κ1) is 22.2. The number of aromatic nitrogens is 2. The minimum atomic E-state index is -0.448. The molecule has 1 N–H and O–H groups in total. The number of carbonyl (C=O) groups is 2. The molecule has 0 radical (unpaired) electrons. The summed E-state index contributed by atoms with van der Waals surface area (Å²) in [6, 6.07) is 7.28. The first-order valence-corrected chi connectivity index (χ1v) is 10.5. The van der Waals surface area contributed by atoms with Gasteiger partial charge in [0, 0.05) is 55.1 Å². The van der Waals surface area contributed by atoms with Gasteiger partial charge in [-0.15, -0.1) is 0 Å². The molecule has 162 valence electrons. The highest BCUT2D eigenvalue weighted by Crippen LogP contribution is 2.19. The van der Waals surface area contributed by atoms with Gasteiger partial charge in [0.2, 0.25) is 23.5 Å². The van der Waals surface area contributed by atoms with E-state index >= 15 is 0 Å². The number of carbonyl (C=O) groups excluding carboxylic acids is 2. The van der Waals surface area contributed by atoms with Crippen LogP contribution in [0.4, 0.5) is 0 Å². The Morgan fingerprint density at radius 3 is 2.43 bits per heavy atom. The van der Waals surface area contributed by atoms with Gasteiger partial charge >= 0.3 is 0 Å². The maximum absolute atomic E-state index is 12.4. The molecule has 1 aliphatic heterocycles. The van der Waals surface area contributed by atoms with Gasteiger partial charge in [-0.05, 0) is 24.3 Å². The van der Waals surface area contributed by atoms with Crippen molar-refractivity contribution in [2.75, 3.05) is 32.7 Å². The second kappa shape index (κ2) is 9.57. The third kappa shape index (κ3) is 6.03. The molecule has 1 fully saturated rings. The minimum Gasteiger partial charge on any atom is -0.355 e. The predicted octanol–water partition coefficient (Wildman–Crippen LogP) is 2.59. The molecule has 30 heavy (non-hydrogen) atoms. The third-order valence-corrected chi connectivity index (χ3v) is 5.21. The average Bonchev–Trinajstić information content (AvgIpc) is 3.16. The molecule has 0 atom stereocenters. The van der Waals surface area contributed by atoms with Crippen molar-refractivity contribution in [2.45, 2.75) is 33.7 Å². The van der Waals surface area contributed by atoms with Gasteiger partial charge in [0.25, 0.3) is 0 Å². The van der Waals surface area contributed by atoms with Crippen molar-refractivity contribution in [3.63, 3.8) is 0 Å². The van der Waals surface area contributed by atoms with E-state index in [4.69, 9.17) is 16.1 Å². The van der Waals surface area contributed by atoms with Gasteiger partial charge in [0.1, 0.15) is 0 Å². The Hall–Kier alpha value is -2.45. The lowest BCUT2D eigenvalue weighted by molar-refractivity contribution is -0.133. The summed E-state index contributed by atoms with van der Waals surface area (Å²) in [5, 5.41) is 7.51. The molecule has 0 saturated carbocycles. The molecular formula is C21H28ClN5O3. The topological polar surface area (TPSA) is 91.6 Å². The lowest BCUT2D eigenvalue weighted by Crippen LogP contribution is -2.49. The van der Waals surface area contributed by atoms with Crippen LogP contribution in [0.25, 0.3) is 11.4 Å². The van der Waals surface area contributed by atoms with Crippen LogP contribution in [0, 0.1) is 5.41 Å². The molecule has 2 heterocycles. The zero-order chi connectivity index (χ0) is 21.7. The number of nitrogens with one attached hydrogen (secondary N) is 1. The molecule has 2 aromatic rings. The Morgan fingerprint density at radius 2 is 1.80 bits per heavy atom. The molecule has 0 spiro atoms. The fourth-order valence-electron chi connectivity index (χ4n) is 3.09. The summed E-state index contributed by atoms with van der Waals surface area (Å²) in [5.74, 6) is 1.10. The number of hydrogen-bond donors (Lipinski definition) is 1. The Labute approximate surface area is 181 Å². The number of amides is 2. The van der Waals surface area contributed by atoms with Crippen LogP contribution in [0.1, 0.15) is 33.1 Å². The highest BCUT2D eigenvalue weighted by molar-refractivity contribution is 6.30. The van der Waals surface area contributed by atoms with Gasteiger partial charge in [0.05, 0.1) is 6.54 Å². The number of piperazine rings is 1. The standard InChI is InChI=1S/C21H28ClN5O3/c1-21(2,3)20(29)23-9-8-18(28)27-12-10-26(11-13-27)14-17-24-19(25-30-17)15-4-6-16(22)7-5-15/h4-7H,8-14H2,1-3H3,(H,23,29). The Bertz CT molecular complexity index is 868. The molecule has 1 aromatic heterocycles. The van der Waals surface area contributed by atoms with Gasteiger partial charge in [-0.1, -0.05) is 37.5 Å². The van der Waals surface area contributed by atoms with Crippen LogP contribution >= 0.6 is 11.6 Å². The first-order chi connectivity index (χ1) is 14.2. The normalized spacial score (nSPS) is 15.3. The highest BCUT2D eigenvalue weighted by atomic mass is 35.5. The van der Waals surface area contributed by atoms with Crippen molar-refractivity contribution >= 4 is 23.4 Å². The molecule has 0 unspecified atom stereocenters. The van der Waals surface area contributed by atoms with Crippen LogP contribution < -0.4 is 5.32 Å². The smallest absolute Gasteiger partial charge is 0.241 e. The highest BCUT2D eigenvalue weighted by Gasteiger charge is 2.24. The molecular weight excluding hydrogens is 406 g/mol. The summed E-state index contributed by atoms with van der Waals surface area (Å²) in [7, 11) is 0. The van der Waals surface area contributed by atoms with Crippen molar-refractivity contribution in [1.82, 2.24) is 25.3 Å². The van der Waals surface area contributed by atoms with Crippen LogP contribution in [-0.2, 0) is 16.1 Å². The van der Waals surface area contributed by atoms with Crippen LogP contribution in [0.3, 0.4) is 0 Å². The number of benzene rings is 1. The third-order valence-electron chi connectivity index (χ3n) is 4.96. The molecule has 2 amide bonds. The van der Waals surface area contributed by atoms with Gasteiger partial charge in [-0.2, -0.15) is 4.98 Å². The lowest BCUT2D eigenvalue weighted by atomic mass is 9.96. The summed E-state index contributed by atoms with van der Waals surface area (Å²) >= 11 is 5.91. The summed E-state index contributed by atoms with van der Waals surface area (Å²) in [5.41, 5.74) is 0.403. The molecule has 1 saturated heterocycles. The molecule has 0 bridgehead atoms. The van der Waals surface area contributed by atoms with Gasteiger partial charge in [0.15, 0.2) is 0 Å². The second-order valence-corrected chi connectivity index (χ2v) is 8.87. The second-order valence-electron chi connectivity index (χ2n) is 8.43. The minimum absolute atomic E-state index is 0.0438. The van der Waals surface area contributed by atoms with E-state index in [1.54, 1.807) is 12.1 Å². The summed E-state index contributed by atoms with van der Waals surface area (Å²) < 4.78 is 5.37. The van der Waals surface area contributed by atoms with Crippen LogP contribution in [0.5, 0.6) is 0 Å². The van der Waals surface area contributed by atoms with E-state index in [0.717, 1.165) is 18.7 Å². The van der Waals surface area contributed by atoms with Crippen molar-refractivity contribution in [1.29, 1.82) is 0 Å². The monoisotopic (exact) mass is 433 g/mol. The number of halogens is 1. The number of rotatable bonds is 6. The van der Waals surface area contributed by atoms with E-state index in [1.807, 2.05) is 37.8 Å². The van der Waals surface area contributed by atoms with E-state index in [9.17, 15) is 9.59 Å². The average molecular weight is 434 g/mol. The van der Waals surface area contributed by atoms with Crippen LogP contribution in [-0.4, -0.2) is 64.5 Å². The van der Waals surface area contributed by atoms with Gasteiger partial charge < -0.3 is 14.7 Å². The Balaban J connectivity index is 1.42. The molecule has 1 aliphatic rings. The van der Waals surface area contributed by atoms with E-state index in [-0.39, 0.29) is 11.8 Å². The van der Waals surface area contributed by atoms with Gasteiger partial charge in [-0.25, -0.2) is 0 Å². The lowest BCUT2D eigenvalue weighted by Gasteiger charge is -2.34. The Kier molecular flexibility index (Phi) is 7.10. The van der Waals surface area contributed by atoms with Crippen molar-refractivity contribution in [3.05, 3.63) is 35.2 Å².